The van der Waals surface area contributed by atoms with Gasteiger partial charge in [-0.05, 0) is 38.1 Å². The van der Waals surface area contributed by atoms with Gasteiger partial charge >= 0.3 is 0 Å². The van der Waals surface area contributed by atoms with Gasteiger partial charge in [-0.2, -0.15) is 0 Å². The normalized spacial score (nSPS) is 14.2. The fourth-order valence-corrected chi connectivity index (χ4v) is 2.61. The molecule has 4 heteroatoms. The predicted octanol–water partition coefficient (Wildman–Crippen LogP) is 2.55. The maximum absolute atomic E-state index is 5.84. The summed E-state index contributed by atoms with van der Waals surface area (Å²) >= 11 is 0. The molecule has 0 aliphatic rings. The fourth-order valence-electron chi connectivity index (χ4n) is 2.61. The van der Waals surface area contributed by atoms with Crippen molar-refractivity contribution in [2.24, 2.45) is 18.2 Å². The van der Waals surface area contributed by atoms with E-state index in [-0.39, 0.29) is 11.5 Å². The molecule has 110 valence electrons. The van der Waals surface area contributed by atoms with Crippen molar-refractivity contribution >= 4 is 11.0 Å². The highest BCUT2D eigenvalue weighted by molar-refractivity contribution is 5.75. The predicted molar refractivity (Wildman–Crippen MR) is 84.6 cm³/mol. The summed E-state index contributed by atoms with van der Waals surface area (Å²) in [4.78, 5) is 7.11. The molecule has 0 fully saturated rings. The minimum absolute atomic E-state index is 0.119. The lowest BCUT2D eigenvalue weighted by Gasteiger charge is -2.32. The van der Waals surface area contributed by atoms with E-state index in [0.717, 1.165) is 17.9 Å². The van der Waals surface area contributed by atoms with Crippen LogP contribution in [0.3, 0.4) is 0 Å². The van der Waals surface area contributed by atoms with Crippen LogP contribution in [0.4, 0.5) is 0 Å². The van der Waals surface area contributed by atoms with E-state index in [9.17, 15) is 0 Å². The molecule has 1 heterocycles. The molecule has 2 N–H and O–H groups in total. The van der Waals surface area contributed by atoms with Gasteiger partial charge in [-0.3, -0.25) is 4.90 Å². The average molecular weight is 274 g/mol. The van der Waals surface area contributed by atoms with Crippen LogP contribution >= 0.6 is 0 Å². The average Bonchev–Trinajstić information content (AvgIpc) is 2.75. The Morgan fingerprint density at radius 1 is 1.35 bits per heavy atom. The second-order valence-corrected chi connectivity index (χ2v) is 6.48. The van der Waals surface area contributed by atoms with Crippen molar-refractivity contribution < 1.29 is 0 Å². The zero-order chi connectivity index (χ0) is 14.9. The zero-order valence-corrected chi connectivity index (χ0v) is 13.2. The van der Waals surface area contributed by atoms with Gasteiger partial charge in [-0.1, -0.05) is 26.0 Å². The molecule has 0 saturated carbocycles. The molecule has 1 unspecified atom stereocenters. The van der Waals surface area contributed by atoms with Gasteiger partial charge in [0, 0.05) is 13.6 Å². The molecule has 2 aromatic rings. The number of para-hydroxylation sites is 2. The Morgan fingerprint density at radius 2 is 2.00 bits per heavy atom. The number of imidazole rings is 1. The van der Waals surface area contributed by atoms with Crippen LogP contribution in [-0.4, -0.2) is 34.6 Å². The molecule has 1 aromatic heterocycles. The third kappa shape index (κ3) is 2.86. The Balaban J connectivity index is 2.27. The molecule has 20 heavy (non-hydrogen) atoms. The Hall–Kier alpha value is -1.39. The number of aryl methyl sites for hydroxylation is 1. The first-order valence-electron chi connectivity index (χ1n) is 7.17. The van der Waals surface area contributed by atoms with Crippen LogP contribution in [0.5, 0.6) is 0 Å². The lowest BCUT2D eigenvalue weighted by Crippen LogP contribution is -2.38. The van der Waals surface area contributed by atoms with Crippen molar-refractivity contribution in [3.05, 3.63) is 30.1 Å². The van der Waals surface area contributed by atoms with Crippen LogP contribution in [-0.2, 0) is 7.05 Å². The molecule has 1 atom stereocenters. The van der Waals surface area contributed by atoms with Crippen molar-refractivity contribution in [2.75, 3.05) is 20.1 Å². The SMILES string of the molecule is CC(c1nc2ccccc2n1C)N(C)CC(C)(C)CN. The number of nitrogens with zero attached hydrogens (tertiary/aromatic N) is 3. The van der Waals surface area contributed by atoms with E-state index in [0.29, 0.717) is 6.54 Å². The van der Waals surface area contributed by atoms with Crippen molar-refractivity contribution in [3.63, 3.8) is 0 Å². The van der Waals surface area contributed by atoms with E-state index < -0.39 is 0 Å². The van der Waals surface area contributed by atoms with Crippen molar-refractivity contribution in [3.8, 4) is 0 Å². The Kier molecular flexibility index (Phi) is 4.16. The van der Waals surface area contributed by atoms with Gasteiger partial charge in [0.15, 0.2) is 0 Å². The molecule has 0 saturated heterocycles. The molecule has 0 spiro atoms. The Morgan fingerprint density at radius 3 is 2.60 bits per heavy atom. The molecule has 0 amide bonds. The molecule has 0 radical (unpaired) electrons. The summed E-state index contributed by atoms with van der Waals surface area (Å²) in [5.74, 6) is 1.10. The number of fused-ring (bicyclic) bond motifs is 1. The number of hydrogen-bond acceptors (Lipinski definition) is 3. The summed E-state index contributed by atoms with van der Waals surface area (Å²) in [6.07, 6.45) is 0. The number of hydrogen-bond donors (Lipinski definition) is 1. The summed E-state index contributed by atoms with van der Waals surface area (Å²) in [5, 5.41) is 0. The highest BCUT2D eigenvalue weighted by Crippen LogP contribution is 2.25. The van der Waals surface area contributed by atoms with Crippen molar-refractivity contribution in [1.82, 2.24) is 14.5 Å². The minimum Gasteiger partial charge on any atom is -0.330 e. The molecular formula is C16H26N4. The van der Waals surface area contributed by atoms with Crippen LogP contribution < -0.4 is 5.73 Å². The zero-order valence-electron chi connectivity index (χ0n) is 13.2. The van der Waals surface area contributed by atoms with Gasteiger partial charge in [-0.15, -0.1) is 0 Å². The van der Waals surface area contributed by atoms with Gasteiger partial charge < -0.3 is 10.3 Å². The molecular weight excluding hydrogens is 248 g/mol. The molecule has 0 aliphatic heterocycles. The number of aromatic nitrogens is 2. The van der Waals surface area contributed by atoms with E-state index in [1.165, 1.54) is 5.52 Å². The van der Waals surface area contributed by atoms with Gasteiger partial charge in [0.1, 0.15) is 5.82 Å². The van der Waals surface area contributed by atoms with Crippen LogP contribution in [0.1, 0.15) is 32.6 Å². The summed E-state index contributed by atoms with van der Waals surface area (Å²) < 4.78 is 2.19. The molecule has 0 aliphatic carbocycles. The maximum atomic E-state index is 5.84. The van der Waals surface area contributed by atoms with Crippen molar-refractivity contribution in [1.29, 1.82) is 0 Å². The van der Waals surface area contributed by atoms with Gasteiger partial charge in [0.2, 0.25) is 0 Å². The fraction of sp³-hybridized carbons (Fsp3) is 0.562. The summed E-state index contributed by atoms with van der Waals surface area (Å²) in [6, 6.07) is 8.53. The van der Waals surface area contributed by atoms with E-state index in [1.54, 1.807) is 0 Å². The Labute approximate surface area is 121 Å². The van der Waals surface area contributed by atoms with E-state index in [1.807, 2.05) is 6.07 Å². The van der Waals surface area contributed by atoms with Crippen LogP contribution in [0.25, 0.3) is 11.0 Å². The number of nitrogens with two attached hydrogens (primary N) is 1. The largest absolute Gasteiger partial charge is 0.330 e. The Bertz CT molecular complexity index is 585. The van der Waals surface area contributed by atoms with E-state index >= 15 is 0 Å². The molecule has 2 rings (SSSR count). The monoisotopic (exact) mass is 274 g/mol. The van der Waals surface area contributed by atoms with Crippen molar-refractivity contribution in [2.45, 2.75) is 26.8 Å². The van der Waals surface area contributed by atoms with E-state index in [4.69, 9.17) is 10.7 Å². The number of rotatable bonds is 5. The summed E-state index contributed by atoms with van der Waals surface area (Å²) in [5.41, 5.74) is 8.20. The van der Waals surface area contributed by atoms with Crippen LogP contribution in [0.15, 0.2) is 24.3 Å². The topological polar surface area (TPSA) is 47.1 Å². The summed E-state index contributed by atoms with van der Waals surface area (Å²) in [6.45, 7) is 8.24. The number of benzene rings is 1. The lowest BCUT2D eigenvalue weighted by atomic mass is 9.93. The first kappa shape index (κ1) is 15.0. The second kappa shape index (κ2) is 5.54. The van der Waals surface area contributed by atoms with Crippen LogP contribution in [0, 0.1) is 5.41 Å². The molecule has 0 bridgehead atoms. The molecule has 1 aromatic carbocycles. The van der Waals surface area contributed by atoms with Crippen LogP contribution in [0.2, 0.25) is 0 Å². The smallest absolute Gasteiger partial charge is 0.126 e. The third-order valence-electron chi connectivity index (χ3n) is 4.09. The van der Waals surface area contributed by atoms with Gasteiger partial charge in [0.25, 0.3) is 0 Å². The van der Waals surface area contributed by atoms with Gasteiger partial charge in [0.05, 0.1) is 17.1 Å². The standard InChI is InChI=1S/C16H26N4/c1-12(19(4)11-16(2,3)10-17)15-18-13-8-6-7-9-14(13)20(15)5/h6-9,12H,10-11,17H2,1-5H3. The molecule has 4 nitrogen and oxygen atoms in total. The quantitative estimate of drug-likeness (QED) is 0.911. The van der Waals surface area contributed by atoms with Gasteiger partial charge in [-0.25, -0.2) is 4.98 Å². The van der Waals surface area contributed by atoms with E-state index in [2.05, 4.69) is 62.5 Å². The first-order chi connectivity index (χ1) is 9.35. The highest BCUT2D eigenvalue weighted by Gasteiger charge is 2.24. The first-order valence-corrected chi connectivity index (χ1v) is 7.17. The lowest BCUT2D eigenvalue weighted by molar-refractivity contribution is 0.168. The minimum atomic E-state index is 0.119. The highest BCUT2D eigenvalue weighted by atomic mass is 15.2. The maximum Gasteiger partial charge on any atom is 0.126 e. The summed E-state index contributed by atoms with van der Waals surface area (Å²) in [7, 11) is 4.23. The second-order valence-electron chi connectivity index (χ2n) is 6.48. The third-order valence-corrected chi connectivity index (χ3v) is 4.09.